The molecular formula is C9H15NO5S. The van der Waals surface area contributed by atoms with E-state index in [2.05, 4.69) is 0 Å². The van der Waals surface area contributed by atoms with Crippen molar-refractivity contribution in [3.05, 3.63) is 0 Å². The van der Waals surface area contributed by atoms with Crippen molar-refractivity contribution in [3.63, 3.8) is 0 Å². The molecule has 0 spiro atoms. The van der Waals surface area contributed by atoms with Gasteiger partial charge < -0.3 is 9.84 Å². The first-order chi connectivity index (χ1) is 7.53. The molecule has 0 radical (unpaired) electrons. The molecule has 2 heterocycles. The number of aliphatic carboxylic acids is 1. The van der Waals surface area contributed by atoms with Crippen LogP contribution >= 0.6 is 0 Å². The molecule has 0 saturated carbocycles. The molecule has 2 fully saturated rings. The highest BCUT2D eigenvalue weighted by molar-refractivity contribution is 7.89. The van der Waals surface area contributed by atoms with Gasteiger partial charge in [-0.05, 0) is 19.3 Å². The van der Waals surface area contributed by atoms with E-state index in [9.17, 15) is 13.2 Å². The van der Waals surface area contributed by atoms with E-state index in [1.54, 1.807) is 0 Å². The minimum atomic E-state index is -3.51. The summed E-state index contributed by atoms with van der Waals surface area (Å²) < 4.78 is 30.4. The fourth-order valence-corrected chi connectivity index (χ4v) is 4.21. The van der Waals surface area contributed by atoms with Crippen LogP contribution in [0.4, 0.5) is 0 Å². The standard InChI is InChI=1S/C9H15NO5S/c11-9(12)8-2-1-4-10(8)16(13,14)7-3-5-15-6-7/h7-8H,1-6H2,(H,11,12)/t7?,8-/m0/s1. The molecule has 1 unspecified atom stereocenters. The Kier molecular flexibility index (Phi) is 3.18. The van der Waals surface area contributed by atoms with Gasteiger partial charge in [0.15, 0.2) is 0 Å². The van der Waals surface area contributed by atoms with Crippen molar-refractivity contribution < 1.29 is 23.1 Å². The van der Waals surface area contributed by atoms with Crippen molar-refractivity contribution >= 4 is 16.0 Å². The predicted molar refractivity (Wildman–Crippen MR) is 55.5 cm³/mol. The maximum absolute atomic E-state index is 12.1. The van der Waals surface area contributed by atoms with Gasteiger partial charge in [0.25, 0.3) is 0 Å². The van der Waals surface area contributed by atoms with Crippen molar-refractivity contribution in [1.82, 2.24) is 4.31 Å². The van der Waals surface area contributed by atoms with Gasteiger partial charge in [0, 0.05) is 13.2 Å². The fourth-order valence-electron chi connectivity index (χ4n) is 2.23. The normalized spacial score (nSPS) is 32.0. The third-order valence-electron chi connectivity index (χ3n) is 3.12. The molecule has 2 rings (SSSR count). The minimum absolute atomic E-state index is 0.186. The number of hydrogen-bond acceptors (Lipinski definition) is 4. The van der Waals surface area contributed by atoms with Gasteiger partial charge in [-0.1, -0.05) is 0 Å². The number of hydrogen-bond donors (Lipinski definition) is 1. The number of ether oxygens (including phenoxy) is 1. The Balaban J connectivity index is 2.19. The van der Waals surface area contributed by atoms with Crippen LogP contribution in [0.15, 0.2) is 0 Å². The Morgan fingerprint density at radius 1 is 1.38 bits per heavy atom. The summed E-state index contributed by atoms with van der Waals surface area (Å²) in [4.78, 5) is 10.9. The third-order valence-corrected chi connectivity index (χ3v) is 5.43. The summed E-state index contributed by atoms with van der Waals surface area (Å²) >= 11 is 0. The van der Waals surface area contributed by atoms with Gasteiger partial charge in [0.2, 0.25) is 10.0 Å². The average molecular weight is 249 g/mol. The van der Waals surface area contributed by atoms with Gasteiger partial charge in [-0.25, -0.2) is 8.42 Å². The first kappa shape index (κ1) is 11.8. The zero-order valence-electron chi connectivity index (χ0n) is 8.83. The van der Waals surface area contributed by atoms with E-state index >= 15 is 0 Å². The summed E-state index contributed by atoms with van der Waals surface area (Å²) in [5.41, 5.74) is 0. The van der Waals surface area contributed by atoms with Crippen LogP contribution in [0.5, 0.6) is 0 Å². The first-order valence-electron chi connectivity index (χ1n) is 5.34. The molecule has 0 aromatic rings. The molecule has 0 amide bonds. The predicted octanol–water partition coefficient (Wildman–Crippen LogP) is -0.346. The van der Waals surface area contributed by atoms with Crippen molar-refractivity contribution in [2.24, 2.45) is 0 Å². The van der Waals surface area contributed by atoms with Gasteiger partial charge in [-0.3, -0.25) is 4.79 Å². The Bertz CT molecular complexity index is 373. The van der Waals surface area contributed by atoms with Crippen LogP contribution in [0.1, 0.15) is 19.3 Å². The van der Waals surface area contributed by atoms with Crippen molar-refractivity contribution in [2.45, 2.75) is 30.6 Å². The van der Waals surface area contributed by atoms with E-state index in [1.807, 2.05) is 0 Å². The zero-order chi connectivity index (χ0) is 11.8. The number of carbonyl (C=O) groups is 1. The average Bonchev–Trinajstić information content (AvgIpc) is 2.89. The quantitative estimate of drug-likeness (QED) is 0.739. The lowest BCUT2D eigenvalue weighted by molar-refractivity contribution is -0.140. The summed E-state index contributed by atoms with van der Waals surface area (Å²) in [5, 5.41) is 8.39. The second-order valence-electron chi connectivity index (χ2n) is 4.14. The van der Waals surface area contributed by atoms with Crippen LogP contribution in [0, 0.1) is 0 Å². The number of carboxylic acids is 1. The Hall–Kier alpha value is -0.660. The highest BCUT2D eigenvalue weighted by Crippen LogP contribution is 2.26. The Morgan fingerprint density at radius 3 is 2.69 bits per heavy atom. The summed E-state index contributed by atoms with van der Waals surface area (Å²) in [7, 11) is -3.51. The first-order valence-corrected chi connectivity index (χ1v) is 6.85. The molecule has 16 heavy (non-hydrogen) atoms. The summed E-state index contributed by atoms with van der Waals surface area (Å²) in [6.45, 7) is 0.941. The van der Waals surface area contributed by atoms with E-state index in [-0.39, 0.29) is 6.61 Å². The Morgan fingerprint density at radius 2 is 2.12 bits per heavy atom. The van der Waals surface area contributed by atoms with E-state index in [4.69, 9.17) is 9.84 Å². The van der Waals surface area contributed by atoms with Crippen molar-refractivity contribution in [3.8, 4) is 0 Å². The van der Waals surface area contributed by atoms with Gasteiger partial charge in [0.05, 0.1) is 6.61 Å². The highest BCUT2D eigenvalue weighted by Gasteiger charge is 2.43. The molecule has 92 valence electrons. The second-order valence-corrected chi connectivity index (χ2v) is 6.30. The van der Waals surface area contributed by atoms with Crippen molar-refractivity contribution in [2.75, 3.05) is 19.8 Å². The molecule has 0 aliphatic carbocycles. The number of rotatable bonds is 3. The van der Waals surface area contributed by atoms with Crippen LogP contribution in [-0.2, 0) is 19.6 Å². The minimum Gasteiger partial charge on any atom is -0.480 e. The number of sulfonamides is 1. The lowest BCUT2D eigenvalue weighted by atomic mass is 10.2. The lowest BCUT2D eigenvalue weighted by Crippen LogP contribution is -2.45. The maximum Gasteiger partial charge on any atom is 0.322 e. The smallest absolute Gasteiger partial charge is 0.322 e. The fraction of sp³-hybridized carbons (Fsp3) is 0.889. The highest BCUT2D eigenvalue weighted by atomic mass is 32.2. The van der Waals surface area contributed by atoms with Crippen LogP contribution in [0.3, 0.4) is 0 Å². The topological polar surface area (TPSA) is 83.9 Å². The molecular weight excluding hydrogens is 234 g/mol. The summed E-state index contributed by atoms with van der Waals surface area (Å²) in [6.07, 6.45) is 1.48. The van der Waals surface area contributed by atoms with Gasteiger partial charge in [-0.15, -0.1) is 0 Å². The maximum atomic E-state index is 12.1. The largest absolute Gasteiger partial charge is 0.480 e. The number of carboxylic acid groups (broad SMARTS) is 1. The van der Waals surface area contributed by atoms with E-state index < -0.39 is 27.3 Å². The molecule has 6 nitrogen and oxygen atoms in total. The second kappa shape index (κ2) is 4.31. The van der Waals surface area contributed by atoms with Gasteiger partial charge in [-0.2, -0.15) is 4.31 Å². The third kappa shape index (κ3) is 1.94. The molecule has 0 aromatic heterocycles. The molecule has 0 aromatic carbocycles. The molecule has 2 aliphatic rings. The SMILES string of the molecule is O=C(O)[C@@H]1CCCN1S(=O)(=O)C1CCOC1. The van der Waals surface area contributed by atoms with E-state index in [0.29, 0.717) is 32.4 Å². The van der Waals surface area contributed by atoms with E-state index in [0.717, 1.165) is 4.31 Å². The van der Waals surface area contributed by atoms with E-state index in [1.165, 1.54) is 0 Å². The van der Waals surface area contributed by atoms with Crippen LogP contribution in [0.25, 0.3) is 0 Å². The molecule has 0 bridgehead atoms. The number of nitrogens with zero attached hydrogens (tertiary/aromatic N) is 1. The van der Waals surface area contributed by atoms with Crippen LogP contribution < -0.4 is 0 Å². The van der Waals surface area contributed by atoms with Crippen LogP contribution in [0.2, 0.25) is 0 Å². The molecule has 7 heteroatoms. The van der Waals surface area contributed by atoms with Gasteiger partial charge in [0.1, 0.15) is 11.3 Å². The Labute approximate surface area is 94.2 Å². The summed E-state index contributed by atoms with van der Waals surface area (Å²) in [6, 6.07) is -0.884. The summed E-state index contributed by atoms with van der Waals surface area (Å²) in [5.74, 6) is -1.06. The molecule has 2 atom stereocenters. The van der Waals surface area contributed by atoms with Gasteiger partial charge >= 0.3 is 5.97 Å². The molecule has 1 N–H and O–H groups in total. The lowest BCUT2D eigenvalue weighted by Gasteiger charge is -2.23. The van der Waals surface area contributed by atoms with Crippen LogP contribution in [-0.4, -0.2) is 54.8 Å². The van der Waals surface area contributed by atoms with Crippen molar-refractivity contribution in [1.29, 1.82) is 0 Å². The monoisotopic (exact) mass is 249 g/mol. The zero-order valence-corrected chi connectivity index (χ0v) is 9.65. The molecule has 2 saturated heterocycles. The molecule has 2 aliphatic heterocycles.